The molecule has 24 heavy (non-hydrogen) atoms. The van der Waals surface area contributed by atoms with Crippen molar-refractivity contribution in [2.75, 3.05) is 6.61 Å². The van der Waals surface area contributed by atoms with Crippen molar-refractivity contribution < 1.29 is 9.53 Å². The van der Waals surface area contributed by atoms with Crippen LogP contribution in [0.3, 0.4) is 0 Å². The number of carbonyl (C=O) groups is 1. The van der Waals surface area contributed by atoms with E-state index in [1.165, 1.54) is 11.9 Å². The lowest BCUT2D eigenvalue weighted by atomic mass is 10.1. The Hall–Kier alpha value is -2.24. The zero-order valence-electron chi connectivity index (χ0n) is 13.5. The number of carbonyl (C=O) groups excluding carboxylic acids is 1. The number of hydrogen-bond donors (Lipinski definition) is 2. The normalized spacial score (nSPS) is 12.2. The van der Waals surface area contributed by atoms with Crippen molar-refractivity contribution in [3.8, 4) is 0 Å². The van der Waals surface area contributed by atoms with Gasteiger partial charge in [0.15, 0.2) is 0 Å². The molecule has 0 aliphatic carbocycles. The highest BCUT2D eigenvalue weighted by molar-refractivity contribution is 7.97. The first kappa shape index (κ1) is 16.6. The molecule has 3 rings (SSSR count). The third kappa shape index (κ3) is 3.99. The van der Waals surface area contributed by atoms with Crippen LogP contribution in [0.1, 0.15) is 12.5 Å². The zero-order valence-corrected chi connectivity index (χ0v) is 14.3. The van der Waals surface area contributed by atoms with E-state index in [-0.39, 0.29) is 5.97 Å². The van der Waals surface area contributed by atoms with Crippen LogP contribution >= 0.6 is 11.9 Å². The highest BCUT2D eigenvalue weighted by Gasteiger charge is 2.21. The summed E-state index contributed by atoms with van der Waals surface area (Å²) in [5, 5.41) is 1.14. The second-order valence-electron chi connectivity index (χ2n) is 5.40. The summed E-state index contributed by atoms with van der Waals surface area (Å²) in [5.74, 6) is -0.230. The molecule has 5 heteroatoms. The molecule has 2 aromatic carbocycles. The van der Waals surface area contributed by atoms with E-state index in [0.29, 0.717) is 13.0 Å². The number of aromatic nitrogens is 1. The summed E-state index contributed by atoms with van der Waals surface area (Å²) >= 11 is 1.45. The van der Waals surface area contributed by atoms with E-state index in [2.05, 4.69) is 15.8 Å². The van der Waals surface area contributed by atoms with E-state index in [1.54, 1.807) is 0 Å². The van der Waals surface area contributed by atoms with E-state index in [0.717, 1.165) is 21.4 Å². The lowest BCUT2D eigenvalue weighted by Crippen LogP contribution is -2.36. The van der Waals surface area contributed by atoms with Crippen LogP contribution < -0.4 is 4.72 Å². The number of esters is 1. The molecule has 0 radical (unpaired) electrons. The highest BCUT2D eigenvalue weighted by Crippen LogP contribution is 2.21. The molecule has 3 aromatic rings. The van der Waals surface area contributed by atoms with E-state index in [1.807, 2.05) is 61.7 Å². The molecule has 1 aromatic heterocycles. The maximum atomic E-state index is 12.3. The van der Waals surface area contributed by atoms with Crippen LogP contribution in [0.4, 0.5) is 0 Å². The Balaban J connectivity index is 1.75. The first-order valence-corrected chi connectivity index (χ1v) is 8.78. The number of hydrogen-bond acceptors (Lipinski definition) is 4. The average Bonchev–Trinajstić information content (AvgIpc) is 3.02. The molecular weight excluding hydrogens is 320 g/mol. The number of H-pyrrole nitrogens is 1. The molecule has 0 aliphatic rings. The summed E-state index contributed by atoms with van der Waals surface area (Å²) in [6.45, 7) is 2.20. The molecule has 124 valence electrons. The van der Waals surface area contributed by atoms with Crippen molar-refractivity contribution >= 4 is 28.8 Å². The van der Waals surface area contributed by atoms with Crippen molar-refractivity contribution in [2.45, 2.75) is 24.3 Å². The van der Waals surface area contributed by atoms with Crippen LogP contribution in [0, 0.1) is 0 Å². The summed E-state index contributed by atoms with van der Waals surface area (Å²) in [6, 6.07) is 17.6. The third-order valence-corrected chi connectivity index (χ3v) is 4.64. The largest absolute Gasteiger partial charge is 0.465 e. The molecule has 4 nitrogen and oxygen atoms in total. The third-order valence-electron chi connectivity index (χ3n) is 3.73. The van der Waals surface area contributed by atoms with Gasteiger partial charge in [0, 0.05) is 28.4 Å². The minimum Gasteiger partial charge on any atom is -0.465 e. The zero-order chi connectivity index (χ0) is 16.8. The van der Waals surface area contributed by atoms with Gasteiger partial charge in [0.25, 0.3) is 0 Å². The van der Waals surface area contributed by atoms with Gasteiger partial charge in [-0.3, -0.25) is 4.79 Å². The average molecular weight is 340 g/mol. The van der Waals surface area contributed by atoms with Crippen molar-refractivity contribution in [1.29, 1.82) is 0 Å². The van der Waals surface area contributed by atoms with Gasteiger partial charge in [-0.15, -0.1) is 0 Å². The second kappa shape index (κ2) is 8.04. The van der Waals surface area contributed by atoms with E-state index >= 15 is 0 Å². The van der Waals surface area contributed by atoms with Gasteiger partial charge in [0.2, 0.25) is 0 Å². The summed E-state index contributed by atoms with van der Waals surface area (Å²) in [5.41, 5.74) is 2.18. The Morgan fingerprint density at radius 1 is 1.17 bits per heavy atom. The van der Waals surface area contributed by atoms with Gasteiger partial charge < -0.3 is 9.72 Å². The van der Waals surface area contributed by atoms with E-state index < -0.39 is 6.04 Å². The fourth-order valence-corrected chi connectivity index (χ4v) is 3.32. The van der Waals surface area contributed by atoms with Gasteiger partial charge in [-0.25, -0.2) is 4.72 Å². The number of rotatable bonds is 7. The summed E-state index contributed by atoms with van der Waals surface area (Å²) < 4.78 is 8.48. The number of para-hydroxylation sites is 1. The Kier molecular flexibility index (Phi) is 5.56. The molecule has 0 amide bonds. The van der Waals surface area contributed by atoms with Gasteiger partial charge in [0.05, 0.1) is 6.61 Å². The predicted molar refractivity (Wildman–Crippen MR) is 97.9 cm³/mol. The lowest BCUT2D eigenvalue weighted by molar-refractivity contribution is -0.145. The fourth-order valence-electron chi connectivity index (χ4n) is 2.56. The van der Waals surface area contributed by atoms with E-state index in [9.17, 15) is 4.79 Å². The summed E-state index contributed by atoms with van der Waals surface area (Å²) in [6.07, 6.45) is 2.54. The fraction of sp³-hybridized carbons (Fsp3) is 0.211. The van der Waals surface area contributed by atoms with Gasteiger partial charge >= 0.3 is 5.97 Å². The Morgan fingerprint density at radius 2 is 1.92 bits per heavy atom. The number of nitrogens with one attached hydrogen (secondary N) is 2. The predicted octanol–water partition coefficient (Wildman–Crippen LogP) is 3.94. The molecule has 2 N–H and O–H groups in total. The van der Waals surface area contributed by atoms with Crippen molar-refractivity contribution in [2.24, 2.45) is 0 Å². The molecule has 0 saturated carbocycles. The number of fused-ring (bicyclic) bond motifs is 1. The van der Waals surface area contributed by atoms with Gasteiger partial charge in [-0.1, -0.05) is 36.4 Å². The first-order valence-electron chi connectivity index (χ1n) is 7.97. The van der Waals surface area contributed by atoms with Crippen molar-refractivity contribution in [3.05, 3.63) is 66.4 Å². The lowest BCUT2D eigenvalue weighted by Gasteiger charge is -2.16. The van der Waals surface area contributed by atoms with Crippen LogP contribution in [0.15, 0.2) is 65.7 Å². The van der Waals surface area contributed by atoms with Crippen LogP contribution in [0.25, 0.3) is 10.9 Å². The van der Waals surface area contributed by atoms with Crippen molar-refractivity contribution in [3.63, 3.8) is 0 Å². The molecule has 0 bridgehead atoms. The molecule has 0 saturated heterocycles. The van der Waals surface area contributed by atoms with E-state index in [4.69, 9.17) is 4.74 Å². The number of aromatic amines is 1. The molecule has 0 fully saturated rings. The maximum Gasteiger partial charge on any atom is 0.324 e. The maximum absolute atomic E-state index is 12.3. The topological polar surface area (TPSA) is 54.1 Å². The molecule has 0 spiro atoms. The Morgan fingerprint density at radius 3 is 2.71 bits per heavy atom. The van der Waals surface area contributed by atoms with Gasteiger partial charge in [0.1, 0.15) is 6.04 Å². The van der Waals surface area contributed by atoms with Crippen LogP contribution in [-0.4, -0.2) is 23.6 Å². The first-order chi connectivity index (χ1) is 11.8. The standard InChI is InChI=1S/C19H20N2O2S/c1-2-23-19(22)18(21-24-15-8-4-3-5-9-15)12-14-13-20-17-11-7-6-10-16(14)17/h3-11,13,18,20-21H,2,12H2,1H3/t18-/m0/s1. The van der Waals surface area contributed by atoms with Gasteiger partial charge in [-0.2, -0.15) is 0 Å². The van der Waals surface area contributed by atoms with Crippen LogP contribution in [-0.2, 0) is 16.0 Å². The van der Waals surface area contributed by atoms with Crippen LogP contribution in [0.5, 0.6) is 0 Å². The minimum absolute atomic E-state index is 0.230. The quantitative estimate of drug-likeness (QED) is 0.505. The Labute approximate surface area is 145 Å². The Bertz CT molecular complexity index is 801. The number of ether oxygens (including phenoxy) is 1. The molecule has 0 unspecified atom stereocenters. The summed E-state index contributed by atoms with van der Waals surface area (Å²) in [7, 11) is 0. The molecular formula is C19H20N2O2S. The molecule has 1 atom stereocenters. The monoisotopic (exact) mass is 340 g/mol. The highest BCUT2D eigenvalue weighted by atomic mass is 32.2. The summed E-state index contributed by atoms with van der Waals surface area (Å²) in [4.78, 5) is 16.6. The molecule has 1 heterocycles. The van der Waals surface area contributed by atoms with Crippen molar-refractivity contribution in [1.82, 2.24) is 9.71 Å². The number of benzene rings is 2. The SMILES string of the molecule is CCOC(=O)[C@H](Cc1c[nH]c2ccccc12)NSc1ccccc1. The van der Waals surface area contributed by atoms with Crippen LogP contribution in [0.2, 0.25) is 0 Å². The second-order valence-corrected chi connectivity index (χ2v) is 6.31. The minimum atomic E-state index is -0.408. The van der Waals surface area contributed by atoms with Gasteiger partial charge in [-0.05, 0) is 42.6 Å². The smallest absolute Gasteiger partial charge is 0.324 e. The molecule has 0 aliphatic heterocycles.